The number of nitrogens with zero attached hydrogens (tertiary/aromatic N) is 4. The lowest BCUT2D eigenvalue weighted by molar-refractivity contribution is 0.628. The topological polar surface area (TPSA) is 43.6 Å². The van der Waals surface area contributed by atoms with Crippen LogP contribution >= 0.6 is 0 Å². The van der Waals surface area contributed by atoms with Crippen LogP contribution in [0.25, 0.3) is 28.2 Å². The Morgan fingerprint density at radius 3 is 2.36 bits per heavy atom. The molecule has 0 bridgehead atoms. The molecule has 4 rings (SSSR count). The summed E-state index contributed by atoms with van der Waals surface area (Å²) >= 11 is 0. The van der Waals surface area contributed by atoms with E-state index in [0.29, 0.717) is 0 Å². The summed E-state index contributed by atoms with van der Waals surface area (Å²) in [5.74, 6) is 0.516. The van der Waals surface area contributed by atoms with Crippen LogP contribution in [0.5, 0.6) is 0 Å². The van der Waals surface area contributed by atoms with Crippen molar-refractivity contribution in [3.05, 3.63) is 84.7 Å². The van der Waals surface area contributed by atoms with E-state index in [1.807, 2.05) is 43.6 Å². The van der Waals surface area contributed by atoms with E-state index in [9.17, 15) is 4.39 Å². The maximum atomic E-state index is 13.1. The molecule has 0 aliphatic carbocycles. The minimum atomic E-state index is -0.241. The molecule has 0 fully saturated rings. The van der Waals surface area contributed by atoms with Gasteiger partial charge in [0.05, 0.1) is 5.69 Å². The number of aryl methyl sites for hydroxylation is 1. The number of pyridine rings is 2. The van der Waals surface area contributed by atoms with Crippen molar-refractivity contribution in [3.8, 4) is 28.2 Å². The van der Waals surface area contributed by atoms with Gasteiger partial charge in [-0.15, -0.1) is 0 Å². The summed E-state index contributed by atoms with van der Waals surface area (Å²) in [6, 6.07) is 14.2. The molecule has 0 aliphatic heterocycles. The summed E-state index contributed by atoms with van der Waals surface area (Å²) in [7, 11) is 0. The van der Waals surface area contributed by atoms with Gasteiger partial charge in [-0.05, 0) is 54.4 Å². The average Bonchev–Trinajstić information content (AvgIpc) is 3.17. The first-order chi connectivity index (χ1) is 12.2. The summed E-state index contributed by atoms with van der Waals surface area (Å²) in [5.41, 5.74) is 4.80. The summed E-state index contributed by atoms with van der Waals surface area (Å²) in [6.07, 6.45) is 7.17. The molecule has 0 amide bonds. The van der Waals surface area contributed by atoms with Gasteiger partial charge in [-0.25, -0.2) is 14.1 Å². The van der Waals surface area contributed by atoms with E-state index >= 15 is 0 Å². The lowest BCUT2D eigenvalue weighted by atomic mass is 10.0. The molecule has 122 valence electrons. The normalized spacial score (nSPS) is 10.8. The lowest BCUT2D eigenvalue weighted by Gasteiger charge is -2.09. The predicted octanol–water partition coefficient (Wildman–Crippen LogP) is 4.44. The molecule has 3 heterocycles. The highest BCUT2D eigenvalue weighted by atomic mass is 19.1. The molecule has 4 nitrogen and oxygen atoms in total. The Hall–Kier alpha value is -3.34. The second kappa shape index (κ2) is 6.28. The third-order valence-electron chi connectivity index (χ3n) is 4.05. The zero-order valence-corrected chi connectivity index (χ0v) is 13.6. The van der Waals surface area contributed by atoms with Gasteiger partial charge in [-0.2, -0.15) is 5.10 Å². The van der Waals surface area contributed by atoms with Gasteiger partial charge in [0.15, 0.2) is 5.82 Å². The smallest absolute Gasteiger partial charge is 0.153 e. The molecule has 3 aromatic heterocycles. The third-order valence-corrected chi connectivity index (χ3v) is 4.05. The largest absolute Gasteiger partial charge is 0.256 e. The van der Waals surface area contributed by atoms with Gasteiger partial charge in [-0.3, -0.25) is 4.98 Å². The van der Waals surface area contributed by atoms with Gasteiger partial charge < -0.3 is 0 Å². The lowest BCUT2D eigenvalue weighted by Crippen LogP contribution is -1.97. The van der Waals surface area contributed by atoms with E-state index in [4.69, 9.17) is 0 Å². The summed E-state index contributed by atoms with van der Waals surface area (Å²) in [5, 5.41) is 4.17. The van der Waals surface area contributed by atoms with Gasteiger partial charge in [0, 0.05) is 35.9 Å². The molecule has 4 aromatic rings. The quantitative estimate of drug-likeness (QED) is 0.557. The Morgan fingerprint density at radius 1 is 0.920 bits per heavy atom. The molecule has 0 spiro atoms. The first-order valence-electron chi connectivity index (χ1n) is 7.90. The first-order valence-corrected chi connectivity index (χ1v) is 7.90. The highest BCUT2D eigenvalue weighted by molar-refractivity contribution is 5.70. The Labute approximate surface area is 144 Å². The second-order valence-electron chi connectivity index (χ2n) is 5.75. The van der Waals surface area contributed by atoms with Crippen LogP contribution in [0.2, 0.25) is 0 Å². The SMILES string of the molecule is Cc1cc(-c2ccc(-n3cccn3)nc2)ncc1-c1ccc(F)cc1. The fourth-order valence-electron chi connectivity index (χ4n) is 2.72. The van der Waals surface area contributed by atoms with Crippen molar-refractivity contribution in [2.24, 2.45) is 0 Å². The van der Waals surface area contributed by atoms with Crippen LogP contribution < -0.4 is 0 Å². The van der Waals surface area contributed by atoms with E-state index in [-0.39, 0.29) is 5.82 Å². The number of aromatic nitrogens is 4. The van der Waals surface area contributed by atoms with Crippen LogP contribution in [0.4, 0.5) is 4.39 Å². The molecule has 25 heavy (non-hydrogen) atoms. The van der Waals surface area contributed by atoms with Gasteiger partial charge in [0.1, 0.15) is 5.82 Å². The molecular formula is C20H15FN4. The average molecular weight is 330 g/mol. The van der Waals surface area contributed by atoms with Crippen LogP contribution in [-0.4, -0.2) is 19.7 Å². The fraction of sp³-hybridized carbons (Fsp3) is 0.0500. The molecule has 0 aliphatic rings. The van der Waals surface area contributed by atoms with Crippen molar-refractivity contribution in [1.82, 2.24) is 19.7 Å². The summed E-state index contributed by atoms with van der Waals surface area (Å²) in [4.78, 5) is 8.98. The van der Waals surface area contributed by atoms with E-state index in [2.05, 4.69) is 15.1 Å². The first kappa shape index (κ1) is 15.2. The predicted molar refractivity (Wildman–Crippen MR) is 94.7 cm³/mol. The second-order valence-corrected chi connectivity index (χ2v) is 5.75. The number of halogens is 1. The number of hydrogen-bond donors (Lipinski definition) is 0. The van der Waals surface area contributed by atoms with Gasteiger partial charge >= 0.3 is 0 Å². The molecular weight excluding hydrogens is 315 g/mol. The fourth-order valence-corrected chi connectivity index (χ4v) is 2.72. The summed E-state index contributed by atoms with van der Waals surface area (Å²) in [6.45, 7) is 2.02. The van der Waals surface area contributed by atoms with Crippen LogP contribution in [0.1, 0.15) is 5.56 Å². The number of benzene rings is 1. The van der Waals surface area contributed by atoms with E-state index in [1.54, 1.807) is 29.2 Å². The van der Waals surface area contributed by atoms with Crippen LogP contribution in [0, 0.1) is 12.7 Å². The van der Waals surface area contributed by atoms with Gasteiger partial charge in [0.2, 0.25) is 0 Å². The molecule has 0 atom stereocenters. The molecule has 0 saturated carbocycles. The Morgan fingerprint density at radius 2 is 1.72 bits per heavy atom. The molecule has 0 unspecified atom stereocenters. The standard InChI is InChI=1S/C20H15FN4/c1-14-11-19(22-13-18(14)15-3-6-17(21)7-4-15)16-5-8-20(23-12-16)25-10-2-9-24-25/h2-13H,1H3. The van der Waals surface area contributed by atoms with Crippen molar-refractivity contribution in [3.63, 3.8) is 0 Å². The van der Waals surface area contributed by atoms with Crippen molar-refractivity contribution in [2.45, 2.75) is 6.92 Å². The third kappa shape index (κ3) is 3.04. The Balaban J connectivity index is 1.65. The minimum Gasteiger partial charge on any atom is -0.256 e. The molecule has 1 aromatic carbocycles. The summed E-state index contributed by atoms with van der Waals surface area (Å²) < 4.78 is 14.8. The number of rotatable bonds is 3. The zero-order valence-electron chi connectivity index (χ0n) is 13.6. The maximum Gasteiger partial charge on any atom is 0.153 e. The van der Waals surface area contributed by atoms with Crippen molar-refractivity contribution >= 4 is 0 Å². The highest BCUT2D eigenvalue weighted by Gasteiger charge is 2.07. The molecule has 5 heteroatoms. The van der Waals surface area contributed by atoms with Gasteiger partial charge in [0.25, 0.3) is 0 Å². The van der Waals surface area contributed by atoms with Crippen LogP contribution in [0.15, 0.2) is 73.3 Å². The Kier molecular flexibility index (Phi) is 3.82. The van der Waals surface area contributed by atoms with E-state index in [1.165, 1.54) is 12.1 Å². The van der Waals surface area contributed by atoms with Crippen LogP contribution in [0.3, 0.4) is 0 Å². The molecule has 0 N–H and O–H groups in total. The van der Waals surface area contributed by atoms with Crippen molar-refractivity contribution in [2.75, 3.05) is 0 Å². The highest BCUT2D eigenvalue weighted by Crippen LogP contribution is 2.26. The van der Waals surface area contributed by atoms with Gasteiger partial charge in [-0.1, -0.05) is 12.1 Å². The van der Waals surface area contributed by atoms with Crippen molar-refractivity contribution < 1.29 is 4.39 Å². The molecule has 0 saturated heterocycles. The Bertz CT molecular complexity index is 991. The molecule has 0 radical (unpaired) electrons. The van der Waals surface area contributed by atoms with E-state index in [0.717, 1.165) is 33.8 Å². The van der Waals surface area contributed by atoms with Crippen molar-refractivity contribution in [1.29, 1.82) is 0 Å². The zero-order chi connectivity index (χ0) is 17.2. The minimum absolute atomic E-state index is 0.241. The van der Waals surface area contributed by atoms with E-state index < -0.39 is 0 Å². The number of hydrogen-bond acceptors (Lipinski definition) is 3. The maximum absolute atomic E-state index is 13.1. The van der Waals surface area contributed by atoms with Crippen LogP contribution in [-0.2, 0) is 0 Å². The monoisotopic (exact) mass is 330 g/mol.